The van der Waals surface area contributed by atoms with E-state index in [0.29, 0.717) is 79.6 Å². The minimum absolute atomic E-state index is 0.0275. The van der Waals surface area contributed by atoms with Crippen molar-refractivity contribution < 1.29 is 19.1 Å². The van der Waals surface area contributed by atoms with Crippen LogP contribution in [0.5, 0.6) is 5.75 Å². The largest absolute Gasteiger partial charge is 0.484 e. The molecule has 1 saturated heterocycles. The summed E-state index contributed by atoms with van der Waals surface area (Å²) < 4.78 is 15.0. The molecule has 6 aromatic rings. The van der Waals surface area contributed by atoms with Gasteiger partial charge in [0, 0.05) is 51.7 Å². The summed E-state index contributed by atoms with van der Waals surface area (Å²) in [6, 6.07) is 9.54. The van der Waals surface area contributed by atoms with Crippen LogP contribution in [0.25, 0.3) is 27.9 Å². The third kappa shape index (κ3) is 11.3. The molecule has 2 amide bonds. The van der Waals surface area contributed by atoms with Crippen LogP contribution in [-0.4, -0.2) is 110 Å². The normalized spacial score (nSPS) is 14.0. The maximum atomic E-state index is 12.4. The second kappa shape index (κ2) is 21.8. The van der Waals surface area contributed by atoms with Crippen LogP contribution >= 0.6 is 23.2 Å². The summed E-state index contributed by atoms with van der Waals surface area (Å²) in [4.78, 5) is 51.2. The first-order valence-corrected chi connectivity index (χ1v) is 23.4. The number of halogens is 2. The lowest BCUT2D eigenvalue weighted by Gasteiger charge is -2.29. The molecule has 4 N–H and O–H groups in total. The van der Waals surface area contributed by atoms with Crippen molar-refractivity contribution in [3.05, 3.63) is 65.5 Å². The van der Waals surface area contributed by atoms with Crippen LogP contribution in [0.3, 0.4) is 0 Å². The lowest BCUT2D eigenvalue weighted by atomic mass is 10.0. The molecule has 2 aliphatic heterocycles. The Hall–Kier alpha value is -5.65. The van der Waals surface area contributed by atoms with E-state index in [0.717, 1.165) is 91.0 Å². The Bertz CT molecular complexity index is 2520. The maximum absolute atomic E-state index is 12.4. The number of fused-ring (bicyclic) bond motifs is 3. The maximum Gasteiger partial charge on any atom is 0.257 e. The number of morpholine rings is 1. The molecule has 17 nitrogen and oxygen atoms in total. The summed E-state index contributed by atoms with van der Waals surface area (Å²) in [7, 11) is 1.88. The number of imidazole rings is 2. The number of unbranched alkanes of at least 4 members (excludes halogenated alkanes) is 8. The van der Waals surface area contributed by atoms with Gasteiger partial charge < -0.3 is 40.2 Å². The van der Waals surface area contributed by atoms with Crippen LogP contribution in [0.15, 0.2) is 49.1 Å². The molecule has 8 rings (SSSR count). The first-order valence-electron chi connectivity index (χ1n) is 22.4. The van der Waals surface area contributed by atoms with Gasteiger partial charge >= 0.3 is 0 Å². The van der Waals surface area contributed by atoms with E-state index in [2.05, 4.69) is 35.9 Å². The summed E-state index contributed by atoms with van der Waals surface area (Å²) in [5.41, 5.74) is 6.71. The van der Waals surface area contributed by atoms with Gasteiger partial charge in [-0.3, -0.25) is 18.8 Å². The Morgan fingerprint density at radius 3 is 2.47 bits per heavy atom. The smallest absolute Gasteiger partial charge is 0.257 e. The number of carbonyl (C=O) groups excluding carboxylic acids is 2. The van der Waals surface area contributed by atoms with Gasteiger partial charge in [0.1, 0.15) is 23.8 Å². The van der Waals surface area contributed by atoms with Crippen LogP contribution in [0.4, 0.5) is 23.1 Å². The molecule has 0 bridgehead atoms. The SMILES string of the molecule is Cn1cc(-n2cnc3c(NCc4nc5cc(NCCCCCCCCCCCNC(=O)COc6ccc7c(c6)CCCN7C(=O)CCl)c(Cl)cc5[nH]4)nc(N4CCOCC4)nc32)cn1. The molecule has 19 heteroatoms. The van der Waals surface area contributed by atoms with Gasteiger partial charge in [0.25, 0.3) is 5.91 Å². The van der Waals surface area contributed by atoms with E-state index < -0.39 is 0 Å². The Balaban J connectivity index is 0.705. The summed E-state index contributed by atoms with van der Waals surface area (Å²) in [6.07, 6.45) is 17.5. The Kier molecular flexibility index (Phi) is 15.3. The fourth-order valence-corrected chi connectivity index (χ4v) is 8.62. The molecule has 0 aliphatic carbocycles. The summed E-state index contributed by atoms with van der Waals surface area (Å²) in [5, 5.41) is 14.9. The standard InChI is InChI=1S/C45H57Cl2N13O4/c1-57-28-32(26-52-57)60-30-51-42-43(55-45(56-44(42)60)58-18-20-63-21-19-58)50-27-39-53-36-23-34(47)35(24-37(36)54-39)48-15-9-7-5-3-2-4-6-8-10-16-49-40(61)29-64-33-13-14-38-31(22-33)12-11-17-59(38)41(62)25-46/h13-14,22-24,26,28,30,48H,2-12,15-21,25,27,29H2,1H3,(H,49,61)(H,53,54)(H,50,55,56). The van der Waals surface area contributed by atoms with Crippen molar-refractivity contribution in [2.24, 2.45) is 7.05 Å². The van der Waals surface area contributed by atoms with Gasteiger partial charge in [-0.05, 0) is 61.6 Å². The third-order valence-corrected chi connectivity index (χ3v) is 12.2. The second-order valence-electron chi connectivity index (χ2n) is 16.3. The zero-order chi connectivity index (χ0) is 44.3. The van der Waals surface area contributed by atoms with E-state index in [4.69, 9.17) is 47.6 Å². The highest BCUT2D eigenvalue weighted by atomic mass is 35.5. The minimum atomic E-state index is -0.125. The number of amides is 2. The lowest BCUT2D eigenvalue weighted by Crippen LogP contribution is -2.37. The van der Waals surface area contributed by atoms with E-state index in [1.165, 1.54) is 25.7 Å². The monoisotopic (exact) mass is 913 g/mol. The number of aromatic amines is 1. The lowest BCUT2D eigenvalue weighted by molar-refractivity contribution is -0.123. The molecule has 340 valence electrons. The molecular formula is C45H57Cl2N13O4. The number of carbonyl (C=O) groups is 2. The highest BCUT2D eigenvalue weighted by Gasteiger charge is 2.23. The number of H-pyrrole nitrogens is 1. The molecule has 2 aliphatic rings. The molecule has 0 saturated carbocycles. The summed E-state index contributed by atoms with van der Waals surface area (Å²) in [5.74, 6) is 2.36. The zero-order valence-electron chi connectivity index (χ0n) is 36.4. The van der Waals surface area contributed by atoms with E-state index in [1.54, 1.807) is 28.2 Å². The van der Waals surface area contributed by atoms with Crippen molar-refractivity contribution in [2.45, 2.75) is 77.2 Å². The van der Waals surface area contributed by atoms with Gasteiger partial charge in [0.2, 0.25) is 11.9 Å². The fraction of sp³-hybridized carbons (Fsp3) is 0.489. The Morgan fingerprint density at radius 1 is 0.922 bits per heavy atom. The van der Waals surface area contributed by atoms with Crippen molar-refractivity contribution in [1.82, 2.24) is 44.6 Å². The van der Waals surface area contributed by atoms with Crippen molar-refractivity contribution >= 4 is 80.4 Å². The number of ether oxygens (including phenoxy) is 2. The second-order valence-corrected chi connectivity index (χ2v) is 17.0. The van der Waals surface area contributed by atoms with Gasteiger partial charge in [-0.15, -0.1) is 11.6 Å². The number of aromatic nitrogens is 8. The molecule has 0 spiro atoms. The van der Waals surface area contributed by atoms with E-state index >= 15 is 0 Å². The molecule has 0 radical (unpaired) electrons. The number of nitrogens with zero attached hydrogens (tertiary/aromatic N) is 9. The number of hydrogen-bond donors (Lipinski definition) is 4. The molecule has 64 heavy (non-hydrogen) atoms. The molecule has 2 aromatic carbocycles. The van der Waals surface area contributed by atoms with Gasteiger partial charge in [0.05, 0.1) is 53.4 Å². The van der Waals surface area contributed by atoms with Crippen molar-refractivity contribution in [3.8, 4) is 11.4 Å². The van der Waals surface area contributed by atoms with Crippen molar-refractivity contribution in [2.75, 3.05) is 78.9 Å². The van der Waals surface area contributed by atoms with Crippen molar-refractivity contribution in [3.63, 3.8) is 0 Å². The van der Waals surface area contributed by atoms with Crippen LogP contribution in [0, 0.1) is 0 Å². The Labute approximate surface area is 382 Å². The molecule has 4 aromatic heterocycles. The third-order valence-electron chi connectivity index (χ3n) is 11.6. The van der Waals surface area contributed by atoms with E-state index in [-0.39, 0.29) is 24.3 Å². The van der Waals surface area contributed by atoms with Crippen LogP contribution < -0.4 is 30.5 Å². The number of aryl methyl sites for hydroxylation is 2. The number of nitrogens with one attached hydrogen (secondary N) is 4. The van der Waals surface area contributed by atoms with Crippen LogP contribution in [0.1, 0.15) is 75.6 Å². The summed E-state index contributed by atoms with van der Waals surface area (Å²) >= 11 is 12.5. The minimum Gasteiger partial charge on any atom is -0.484 e. The van der Waals surface area contributed by atoms with Gasteiger partial charge in [-0.25, -0.2) is 9.97 Å². The predicted molar refractivity (Wildman–Crippen MR) is 251 cm³/mol. The molecule has 6 heterocycles. The Morgan fingerprint density at radius 2 is 1.70 bits per heavy atom. The predicted octanol–water partition coefficient (Wildman–Crippen LogP) is 7.16. The number of alkyl halides is 1. The van der Waals surface area contributed by atoms with E-state index in [9.17, 15) is 9.59 Å². The molecule has 0 atom stereocenters. The zero-order valence-corrected chi connectivity index (χ0v) is 37.9. The summed E-state index contributed by atoms with van der Waals surface area (Å²) in [6.45, 7) is 5.19. The average molecular weight is 915 g/mol. The number of anilines is 4. The quantitative estimate of drug-likeness (QED) is 0.0399. The number of hydrogen-bond acceptors (Lipinski definition) is 12. The van der Waals surface area contributed by atoms with E-state index in [1.807, 2.05) is 42.1 Å². The van der Waals surface area contributed by atoms with Crippen molar-refractivity contribution in [1.29, 1.82) is 0 Å². The first-order chi connectivity index (χ1) is 31.3. The number of benzene rings is 2. The van der Waals surface area contributed by atoms with Gasteiger partial charge in [-0.2, -0.15) is 15.1 Å². The molecular weight excluding hydrogens is 857 g/mol. The van der Waals surface area contributed by atoms with Crippen LogP contribution in [-0.2, 0) is 34.3 Å². The van der Waals surface area contributed by atoms with Crippen LogP contribution in [0.2, 0.25) is 5.02 Å². The topological polar surface area (TPSA) is 185 Å². The first kappa shape index (κ1) is 44.9. The van der Waals surface area contributed by atoms with Gasteiger partial charge in [0.15, 0.2) is 23.6 Å². The average Bonchev–Trinajstić information content (AvgIpc) is 4.06. The highest BCUT2D eigenvalue weighted by molar-refractivity contribution is 6.34. The van der Waals surface area contributed by atoms with Gasteiger partial charge in [-0.1, -0.05) is 56.5 Å². The highest BCUT2D eigenvalue weighted by Crippen LogP contribution is 2.32. The fourth-order valence-electron chi connectivity index (χ4n) is 8.24. The number of rotatable bonds is 22. The molecule has 1 fully saturated rings. The molecule has 0 unspecified atom stereocenters.